The van der Waals surface area contributed by atoms with Crippen LogP contribution in [0.4, 0.5) is 0 Å². The van der Waals surface area contributed by atoms with Gasteiger partial charge in [0.05, 0.1) is 0 Å². The second-order valence-corrected chi connectivity index (χ2v) is 3.92. The lowest BCUT2D eigenvalue weighted by Crippen LogP contribution is -2.21. The molecule has 0 heterocycles. The molecule has 0 aromatic heterocycles. The fourth-order valence-electron chi connectivity index (χ4n) is 1.54. The molecular formula is C11H16O2. The first-order valence-electron chi connectivity index (χ1n) is 4.37. The van der Waals surface area contributed by atoms with Crippen LogP contribution in [0.1, 0.15) is 30.5 Å². The van der Waals surface area contributed by atoms with Gasteiger partial charge in [-0.3, -0.25) is 5.26 Å². The van der Waals surface area contributed by atoms with Crippen molar-refractivity contribution in [1.29, 1.82) is 0 Å². The van der Waals surface area contributed by atoms with Gasteiger partial charge < -0.3 is 0 Å². The van der Waals surface area contributed by atoms with Gasteiger partial charge in [0.2, 0.25) is 0 Å². The number of hydrogen-bond donors (Lipinski definition) is 1. The highest BCUT2D eigenvalue weighted by molar-refractivity contribution is 5.33. The van der Waals surface area contributed by atoms with Crippen LogP contribution in [-0.4, -0.2) is 5.26 Å². The molecule has 0 saturated carbocycles. The highest BCUT2D eigenvalue weighted by Gasteiger charge is 2.23. The van der Waals surface area contributed by atoms with Gasteiger partial charge in [0, 0.05) is 0 Å². The Hall–Kier alpha value is -0.860. The maximum atomic E-state index is 8.74. The molecule has 1 rings (SSSR count). The van der Waals surface area contributed by atoms with Crippen molar-refractivity contribution in [3.63, 3.8) is 0 Å². The number of aryl methyl sites for hydroxylation is 2. The van der Waals surface area contributed by atoms with Gasteiger partial charge in [0.15, 0.2) is 0 Å². The van der Waals surface area contributed by atoms with Gasteiger partial charge in [-0.25, -0.2) is 4.89 Å². The van der Waals surface area contributed by atoms with Crippen LogP contribution in [0.5, 0.6) is 0 Å². The van der Waals surface area contributed by atoms with E-state index < -0.39 is 5.60 Å². The Bertz CT molecular complexity index is 303. The van der Waals surface area contributed by atoms with Crippen LogP contribution in [0, 0.1) is 13.8 Å². The third kappa shape index (κ3) is 2.08. The molecule has 0 fully saturated rings. The van der Waals surface area contributed by atoms with Crippen molar-refractivity contribution in [3.05, 3.63) is 34.9 Å². The molecule has 0 atom stereocenters. The van der Waals surface area contributed by atoms with Crippen molar-refractivity contribution in [3.8, 4) is 0 Å². The highest BCUT2D eigenvalue weighted by atomic mass is 17.1. The van der Waals surface area contributed by atoms with E-state index in [0.717, 1.165) is 11.1 Å². The maximum absolute atomic E-state index is 8.74. The van der Waals surface area contributed by atoms with Crippen LogP contribution < -0.4 is 0 Å². The Morgan fingerprint density at radius 1 is 1.23 bits per heavy atom. The summed E-state index contributed by atoms with van der Waals surface area (Å²) in [5.74, 6) is 0. The Morgan fingerprint density at radius 3 is 2.31 bits per heavy atom. The zero-order chi connectivity index (χ0) is 10.1. The predicted octanol–water partition coefficient (Wildman–Crippen LogP) is 3.03. The van der Waals surface area contributed by atoms with E-state index in [1.165, 1.54) is 5.56 Å². The van der Waals surface area contributed by atoms with Crippen molar-refractivity contribution in [2.24, 2.45) is 0 Å². The molecule has 1 N–H and O–H groups in total. The highest BCUT2D eigenvalue weighted by Crippen LogP contribution is 2.26. The molecule has 72 valence electrons. The Balaban J connectivity index is 3.16. The van der Waals surface area contributed by atoms with E-state index in [4.69, 9.17) is 5.26 Å². The van der Waals surface area contributed by atoms with Gasteiger partial charge in [-0.1, -0.05) is 23.8 Å². The van der Waals surface area contributed by atoms with Gasteiger partial charge in [0.1, 0.15) is 5.60 Å². The molecule has 1 aromatic rings. The summed E-state index contributed by atoms with van der Waals surface area (Å²) >= 11 is 0. The van der Waals surface area contributed by atoms with Gasteiger partial charge in [-0.2, -0.15) is 0 Å². The van der Waals surface area contributed by atoms with Crippen LogP contribution in [0.3, 0.4) is 0 Å². The molecule has 0 amide bonds. The van der Waals surface area contributed by atoms with Gasteiger partial charge in [-0.05, 0) is 38.8 Å². The van der Waals surface area contributed by atoms with E-state index in [2.05, 4.69) is 11.0 Å². The monoisotopic (exact) mass is 180 g/mol. The fourth-order valence-corrected chi connectivity index (χ4v) is 1.54. The first-order chi connectivity index (χ1) is 5.97. The molecule has 0 aliphatic carbocycles. The van der Waals surface area contributed by atoms with Crippen molar-refractivity contribution in [1.82, 2.24) is 0 Å². The summed E-state index contributed by atoms with van der Waals surface area (Å²) in [5, 5.41) is 8.74. The maximum Gasteiger partial charge on any atom is 0.123 e. The zero-order valence-corrected chi connectivity index (χ0v) is 8.59. The average molecular weight is 180 g/mol. The molecule has 0 unspecified atom stereocenters. The Morgan fingerprint density at radius 2 is 1.85 bits per heavy atom. The van der Waals surface area contributed by atoms with Crippen LogP contribution in [0.25, 0.3) is 0 Å². The van der Waals surface area contributed by atoms with Gasteiger partial charge >= 0.3 is 0 Å². The van der Waals surface area contributed by atoms with Crippen molar-refractivity contribution in [2.75, 3.05) is 0 Å². The SMILES string of the molecule is Cc1ccc(C(C)(C)OO)c(C)c1. The van der Waals surface area contributed by atoms with E-state index >= 15 is 0 Å². The zero-order valence-electron chi connectivity index (χ0n) is 8.59. The molecule has 13 heavy (non-hydrogen) atoms. The molecule has 0 spiro atoms. The van der Waals surface area contributed by atoms with Gasteiger partial charge in [0.25, 0.3) is 0 Å². The minimum atomic E-state index is -0.627. The first-order valence-corrected chi connectivity index (χ1v) is 4.37. The summed E-state index contributed by atoms with van der Waals surface area (Å²) in [6, 6.07) is 6.08. The largest absolute Gasteiger partial charge is 0.251 e. The van der Waals surface area contributed by atoms with E-state index in [9.17, 15) is 0 Å². The Labute approximate surface area is 79.1 Å². The topological polar surface area (TPSA) is 29.5 Å². The first kappa shape index (κ1) is 10.2. The predicted molar refractivity (Wildman–Crippen MR) is 52.7 cm³/mol. The molecule has 0 aliphatic heterocycles. The average Bonchev–Trinajstić information content (AvgIpc) is 2.03. The summed E-state index contributed by atoms with van der Waals surface area (Å²) in [7, 11) is 0. The second kappa shape index (κ2) is 3.48. The molecule has 1 aromatic carbocycles. The minimum absolute atomic E-state index is 0.627. The molecule has 0 aliphatic rings. The van der Waals surface area contributed by atoms with Crippen LogP contribution in [0.2, 0.25) is 0 Å². The van der Waals surface area contributed by atoms with Gasteiger partial charge in [-0.15, -0.1) is 0 Å². The lowest BCUT2D eigenvalue weighted by Gasteiger charge is -2.23. The third-order valence-electron chi connectivity index (χ3n) is 2.26. The molecular weight excluding hydrogens is 164 g/mol. The number of hydrogen-bond acceptors (Lipinski definition) is 2. The molecule has 2 heteroatoms. The normalized spacial score (nSPS) is 11.8. The van der Waals surface area contributed by atoms with Crippen LogP contribution >= 0.6 is 0 Å². The van der Waals surface area contributed by atoms with Crippen LogP contribution in [0.15, 0.2) is 18.2 Å². The van der Waals surface area contributed by atoms with Crippen molar-refractivity contribution < 1.29 is 10.1 Å². The lowest BCUT2D eigenvalue weighted by atomic mass is 9.93. The summed E-state index contributed by atoms with van der Waals surface area (Å²) in [6.45, 7) is 7.74. The van der Waals surface area contributed by atoms with Crippen LogP contribution in [-0.2, 0) is 10.5 Å². The summed E-state index contributed by atoms with van der Waals surface area (Å²) < 4.78 is 0. The molecule has 0 bridgehead atoms. The molecule has 0 radical (unpaired) electrons. The quantitative estimate of drug-likeness (QED) is 0.560. The summed E-state index contributed by atoms with van der Waals surface area (Å²) in [5.41, 5.74) is 2.74. The van der Waals surface area contributed by atoms with Crippen molar-refractivity contribution in [2.45, 2.75) is 33.3 Å². The minimum Gasteiger partial charge on any atom is -0.251 e. The Kier molecular flexibility index (Phi) is 2.74. The molecule has 2 nitrogen and oxygen atoms in total. The molecule has 0 saturated heterocycles. The summed E-state index contributed by atoms with van der Waals surface area (Å²) in [4.78, 5) is 4.44. The second-order valence-electron chi connectivity index (χ2n) is 3.92. The summed E-state index contributed by atoms with van der Waals surface area (Å²) in [6.07, 6.45) is 0. The van der Waals surface area contributed by atoms with E-state index in [0.29, 0.717) is 0 Å². The van der Waals surface area contributed by atoms with E-state index in [-0.39, 0.29) is 0 Å². The number of benzene rings is 1. The van der Waals surface area contributed by atoms with Crippen molar-refractivity contribution >= 4 is 0 Å². The smallest absolute Gasteiger partial charge is 0.123 e. The van der Waals surface area contributed by atoms with E-state index in [1.54, 1.807) is 0 Å². The lowest BCUT2D eigenvalue weighted by molar-refractivity contribution is -0.318. The number of rotatable bonds is 2. The standard InChI is InChI=1S/C11H16O2/c1-8-5-6-10(9(2)7-8)11(3,4)13-12/h5-7,12H,1-4H3. The third-order valence-corrected chi connectivity index (χ3v) is 2.26. The fraction of sp³-hybridized carbons (Fsp3) is 0.455. The van der Waals surface area contributed by atoms with E-state index in [1.807, 2.05) is 39.8 Å².